The van der Waals surface area contributed by atoms with Crippen molar-refractivity contribution < 1.29 is 17.9 Å². The Bertz CT molecular complexity index is 854. The van der Waals surface area contributed by atoms with Gasteiger partial charge in [-0.1, -0.05) is 29.8 Å². The lowest BCUT2D eigenvalue weighted by Crippen LogP contribution is -2.37. The minimum Gasteiger partial charge on any atom is -0.489 e. The average Bonchev–Trinajstić information content (AvgIpc) is 2.59. The van der Waals surface area contributed by atoms with Crippen molar-refractivity contribution in [3.8, 4) is 5.75 Å². The molecule has 6 nitrogen and oxygen atoms in total. The van der Waals surface area contributed by atoms with Gasteiger partial charge in [0.05, 0.1) is 11.8 Å². The first-order valence-electron chi connectivity index (χ1n) is 7.95. The van der Waals surface area contributed by atoms with E-state index in [-0.39, 0.29) is 12.2 Å². The number of amides is 1. The summed E-state index contributed by atoms with van der Waals surface area (Å²) in [6.45, 7) is 0.335. The van der Waals surface area contributed by atoms with E-state index in [9.17, 15) is 13.2 Å². The van der Waals surface area contributed by atoms with Crippen molar-refractivity contribution in [1.29, 1.82) is 0 Å². The molecule has 0 spiro atoms. The van der Waals surface area contributed by atoms with E-state index in [0.29, 0.717) is 23.1 Å². The molecule has 0 aromatic heterocycles. The normalized spacial score (nSPS) is 12.4. The molecule has 2 aromatic rings. The molecule has 2 rings (SSSR count). The molecule has 1 atom stereocenters. The second-order valence-electron chi connectivity index (χ2n) is 5.92. The molecule has 0 aliphatic heterocycles. The summed E-state index contributed by atoms with van der Waals surface area (Å²) >= 11 is 6.08. The maximum atomic E-state index is 12.0. The second kappa shape index (κ2) is 9.02. The summed E-state index contributed by atoms with van der Waals surface area (Å²) in [4.78, 5) is 12.0. The maximum Gasteiger partial charge on any atom is 0.241 e. The van der Waals surface area contributed by atoms with Crippen molar-refractivity contribution in [2.75, 3.05) is 17.3 Å². The summed E-state index contributed by atoms with van der Waals surface area (Å²) in [7, 11) is -3.15. The highest BCUT2D eigenvalue weighted by Gasteiger charge is 2.16. The predicted octanol–water partition coefficient (Wildman–Crippen LogP) is 2.62. The van der Waals surface area contributed by atoms with E-state index in [1.807, 2.05) is 18.2 Å². The monoisotopic (exact) mass is 396 g/mol. The van der Waals surface area contributed by atoms with Gasteiger partial charge in [0.25, 0.3) is 0 Å². The first kappa shape index (κ1) is 20.2. The van der Waals surface area contributed by atoms with Gasteiger partial charge < -0.3 is 15.8 Å². The molecule has 0 aliphatic rings. The molecule has 26 heavy (non-hydrogen) atoms. The zero-order chi connectivity index (χ0) is 19.2. The van der Waals surface area contributed by atoms with Crippen LogP contribution in [0.2, 0.25) is 5.02 Å². The lowest BCUT2D eigenvalue weighted by Gasteiger charge is -2.12. The molecular weight excluding hydrogens is 376 g/mol. The highest BCUT2D eigenvalue weighted by Crippen LogP contribution is 2.20. The molecule has 0 heterocycles. The summed E-state index contributed by atoms with van der Waals surface area (Å²) in [6.07, 6.45) is 1.18. The van der Waals surface area contributed by atoms with Crippen LogP contribution in [0, 0.1) is 0 Å². The molecule has 3 N–H and O–H groups in total. The van der Waals surface area contributed by atoms with Crippen molar-refractivity contribution in [3.63, 3.8) is 0 Å². The minimum absolute atomic E-state index is 0.0731. The van der Waals surface area contributed by atoms with Gasteiger partial charge in [-0.3, -0.25) is 4.79 Å². The number of carbonyl (C=O) groups excluding carboxylic acids is 1. The Labute approximate surface area is 158 Å². The predicted molar refractivity (Wildman–Crippen MR) is 103 cm³/mol. The van der Waals surface area contributed by atoms with Crippen LogP contribution in [0.3, 0.4) is 0 Å². The Morgan fingerprint density at radius 2 is 1.85 bits per heavy atom. The summed E-state index contributed by atoms with van der Waals surface area (Å²) in [6, 6.07) is 13.3. The first-order chi connectivity index (χ1) is 12.2. The van der Waals surface area contributed by atoms with Crippen LogP contribution in [0.25, 0.3) is 0 Å². The number of sulfone groups is 1. The van der Waals surface area contributed by atoms with Gasteiger partial charge in [-0.05, 0) is 36.8 Å². The Morgan fingerprint density at radius 3 is 2.46 bits per heavy atom. The van der Waals surface area contributed by atoms with Crippen LogP contribution >= 0.6 is 11.6 Å². The zero-order valence-electron chi connectivity index (χ0n) is 14.3. The third kappa shape index (κ3) is 6.67. The molecule has 2 aromatic carbocycles. The standard InChI is InChI=1S/C18H21ClN2O4S/c1-26(23,24)11-10-17(20)18(22)21-14-6-8-15(9-7-14)25-12-13-4-2-3-5-16(13)19/h2-9,17H,10-12,20H2,1H3,(H,21,22). The van der Waals surface area contributed by atoms with Gasteiger partial charge in [0, 0.05) is 22.5 Å². The van der Waals surface area contributed by atoms with Crippen LogP contribution in [-0.2, 0) is 21.2 Å². The molecular formula is C18H21ClN2O4S. The Balaban J connectivity index is 1.86. The Morgan fingerprint density at radius 1 is 1.19 bits per heavy atom. The van der Waals surface area contributed by atoms with E-state index >= 15 is 0 Å². The van der Waals surface area contributed by atoms with Gasteiger partial charge in [0.1, 0.15) is 22.2 Å². The number of benzene rings is 2. The van der Waals surface area contributed by atoms with Crippen LogP contribution in [0.1, 0.15) is 12.0 Å². The molecule has 0 fully saturated rings. The third-order valence-electron chi connectivity index (χ3n) is 3.61. The fraction of sp³-hybridized carbons (Fsp3) is 0.278. The van der Waals surface area contributed by atoms with Crippen LogP contribution in [0.5, 0.6) is 5.75 Å². The highest BCUT2D eigenvalue weighted by molar-refractivity contribution is 7.90. The van der Waals surface area contributed by atoms with Crippen LogP contribution in [-0.4, -0.2) is 32.4 Å². The fourth-order valence-electron chi connectivity index (χ4n) is 2.12. The number of carbonyl (C=O) groups is 1. The molecule has 0 saturated carbocycles. The maximum absolute atomic E-state index is 12.0. The summed E-state index contributed by atoms with van der Waals surface area (Å²) in [5.41, 5.74) is 7.14. The summed E-state index contributed by atoms with van der Waals surface area (Å²) in [5, 5.41) is 3.29. The quantitative estimate of drug-likeness (QED) is 0.714. The van der Waals surface area contributed by atoms with Crippen molar-refractivity contribution in [2.45, 2.75) is 19.1 Å². The van der Waals surface area contributed by atoms with Gasteiger partial charge in [0.15, 0.2) is 0 Å². The summed E-state index contributed by atoms with van der Waals surface area (Å²) < 4.78 is 27.9. The Kier molecular flexibility index (Phi) is 7.02. The minimum atomic E-state index is -3.15. The molecule has 0 bridgehead atoms. The van der Waals surface area contributed by atoms with Gasteiger partial charge in [-0.15, -0.1) is 0 Å². The number of ether oxygens (including phenoxy) is 1. The van der Waals surface area contributed by atoms with Gasteiger partial charge in [0.2, 0.25) is 5.91 Å². The van der Waals surface area contributed by atoms with E-state index in [0.717, 1.165) is 11.8 Å². The number of hydrogen-bond acceptors (Lipinski definition) is 5. The van der Waals surface area contributed by atoms with Crippen molar-refractivity contribution in [3.05, 3.63) is 59.1 Å². The van der Waals surface area contributed by atoms with E-state index in [1.54, 1.807) is 30.3 Å². The van der Waals surface area contributed by atoms with Crippen LogP contribution in [0.4, 0.5) is 5.69 Å². The molecule has 0 aliphatic carbocycles. The molecule has 1 amide bonds. The molecule has 0 radical (unpaired) electrons. The van der Waals surface area contributed by atoms with Crippen LogP contribution < -0.4 is 15.8 Å². The molecule has 0 saturated heterocycles. The zero-order valence-corrected chi connectivity index (χ0v) is 15.9. The SMILES string of the molecule is CS(=O)(=O)CCC(N)C(=O)Nc1ccc(OCc2ccccc2Cl)cc1. The molecule has 140 valence electrons. The van der Waals surface area contributed by atoms with Crippen molar-refractivity contribution >= 4 is 33.0 Å². The number of rotatable bonds is 8. The topological polar surface area (TPSA) is 98.5 Å². The van der Waals surface area contributed by atoms with Crippen molar-refractivity contribution in [2.24, 2.45) is 5.73 Å². The van der Waals surface area contributed by atoms with Gasteiger partial charge >= 0.3 is 0 Å². The van der Waals surface area contributed by atoms with Gasteiger partial charge in [-0.25, -0.2) is 8.42 Å². The summed E-state index contributed by atoms with van der Waals surface area (Å²) in [5.74, 6) is 0.0684. The smallest absolute Gasteiger partial charge is 0.241 e. The van der Waals surface area contributed by atoms with E-state index in [2.05, 4.69) is 5.32 Å². The lowest BCUT2D eigenvalue weighted by atomic mass is 10.2. The number of anilines is 1. The largest absolute Gasteiger partial charge is 0.489 e. The third-order valence-corrected chi connectivity index (χ3v) is 4.96. The highest BCUT2D eigenvalue weighted by atomic mass is 35.5. The lowest BCUT2D eigenvalue weighted by molar-refractivity contribution is -0.117. The van der Waals surface area contributed by atoms with Crippen molar-refractivity contribution in [1.82, 2.24) is 0 Å². The van der Waals surface area contributed by atoms with E-state index in [4.69, 9.17) is 22.1 Å². The average molecular weight is 397 g/mol. The number of nitrogens with two attached hydrogens (primary N) is 1. The molecule has 8 heteroatoms. The fourth-order valence-corrected chi connectivity index (χ4v) is 2.99. The number of nitrogens with one attached hydrogen (secondary N) is 1. The first-order valence-corrected chi connectivity index (χ1v) is 10.4. The number of halogens is 1. The van der Waals surface area contributed by atoms with Crippen LogP contribution in [0.15, 0.2) is 48.5 Å². The van der Waals surface area contributed by atoms with E-state index < -0.39 is 21.8 Å². The second-order valence-corrected chi connectivity index (χ2v) is 8.59. The van der Waals surface area contributed by atoms with E-state index in [1.165, 1.54) is 0 Å². The van der Waals surface area contributed by atoms with Gasteiger partial charge in [-0.2, -0.15) is 0 Å². The number of hydrogen-bond donors (Lipinski definition) is 2. The Hall–Kier alpha value is -2.09. The molecule has 1 unspecified atom stereocenters.